The van der Waals surface area contributed by atoms with Gasteiger partial charge in [-0.3, -0.25) is 14.8 Å². The van der Waals surface area contributed by atoms with Crippen molar-refractivity contribution in [3.05, 3.63) is 127 Å². The van der Waals surface area contributed by atoms with E-state index >= 15 is 0 Å². The second-order valence-electron chi connectivity index (χ2n) is 7.87. The Kier molecular flexibility index (Phi) is 17.4. The van der Waals surface area contributed by atoms with Gasteiger partial charge in [-0.15, -0.1) is 0 Å². The fraction of sp³-hybridized carbons (Fsp3) is 0.172. The number of carbonyl (C=O) groups is 2. The Hall–Kier alpha value is -3.04. The number of alkyl halides is 4. The highest BCUT2D eigenvalue weighted by atomic mass is 79.9. The molecule has 44 heavy (non-hydrogen) atoms. The highest BCUT2D eigenvalue weighted by Gasteiger charge is 2.44. The van der Waals surface area contributed by atoms with Crippen LogP contribution in [-0.2, 0) is 21.4 Å². The number of halogens is 9. The molecule has 233 valence electrons. The van der Waals surface area contributed by atoms with Gasteiger partial charge in [0, 0.05) is 39.8 Å². The van der Waals surface area contributed by atoms with Crippen molar-refractivity contribution < 1.29 is 40.7 Å². The molecule has 4 aromatic rings. The Morgan fingerprint density at radius 1 is 0.682 bits per heavy atom. The average molecular weight is 812 g/mol. The number of carbonyl (C=O) groups excluding carboxylic acids is 2. The summed E-state index contributed by atoms with van der Waals surface area (Å²) < 4.78 is 85.5. The summed E-state index contributed by atoms with van der Waals surface area (Å²) in [6.45, 7) is 1.37. The SMILES string of the molecule is C.CCOC(=O)C(F)(F)c1ccc(Br)cn1.Fc1ccc(Br)cc1.O=C(c1ccc(F)cc1)C(F)(F)c1ccc(Br)cn1.[B]. The highest BCUT2D eigenvalue weighted by molar-refractivity contribution is 9.11. The molecule has 0 saturated heterocycles. The normalized spacial score (nSPS) is 10.4. The summed E-state index contributed by atoms with van der Waals surface area (Å²) in [4.78, 5) is 29.6. The Bertz CT molecular complexity index is 1440. The van der Waals surface area contributed by atoms with Gasteiger partial charge in [0.05, 0.1) is 6.61 Å². The maximum atomic E-state index is 13.9. The number of rotatable bonds is 6. The summed E-state index contributed by atoms with van der Waals surface area (Å²) in [5.74, 6) is -11.2. The minimum Gasteiger partial charge on any atom is -0.461 e. The number of benzene rings is 2. The molecule has 0 bridgehead atoms. The van der Waals surface area contributed by atoms with Crippen LogP contribution in [0.3, 0.4) is 0 Å². The molecule has 2 aromatic heterocycles. The number of hydrogen-bond donors (Lipinski definition) is 0. The molecule has 5 nitrogen and oxygen atoms in total. The molecular weight excluding hydrogens is 789 g/mol. The van der Waals surface area contributed by atoms with Crippen LogP contribution in [0.2, 0.25) is 0 Å². The number of ether oxygens (including phenoxy) is 1. The molecule has 0 fully saturated rings. The lowest BCUT2D eigenvalue weighted by Gasteiger charge is -2.14. The van der Waals surface area contributed by atoms with Crippen molar-refractivity contribution in [3.8, 4) is 0 Å². The molecule has 2 aromatic carbocycles. The third kappa shape index (κ3) is 12.2. The van der Waals surface area contributed by atoms with Gasteiger partial charge in [-0.05, 0) is 112 Å². The van der Waals surface area contributed by atoms with Gasteiger partial charge in [0.15, 0.2) is 0 Å². The zero-order chi connectivity index (χ0) is 31.5. The standard InChI is InChI=1S/C13H7BrF3NO.C9H8BrF2NO2.C6H4BrF.CH4.B/c14-9-3-6-11(18-7-9)13(16,17)12(19)8-1-4-10(15)5-2-8;1-2-15-8(14)9(11,12)7-4-3-6(10)5-13-7;7-5-1-3-6(8)4-2-5;;/h1-7H;3-5H,2H2,1H3;1-4H;1H4;. The lowest BCUT2D eigenvalue weighted by atomic mass is 10.0. The molecule has 0 spiro atoms. The Morgan fingerprint density at radius 3 is 1.43 bits per heavy atom. The molecule has 0 saturated carbocycles. The minimum absolute atomic E-state index is 0. The molecule has 0 atom stereocenters. The second-order valence-corrected chi connectivity index (χ2v) is 10.6. The highest BCUT2D eigenvalue weighted by Crippen LogP contribution is 2.31. The van der Waals surface area contributed by atoms with Gasteiger partial charge in [-0.25, -0.2) is 13.6 Å². The minimum atomic E-state index is -3.75. The van der Waals surface area contributed by atoms with Gasteiger partial charge < -0.3 is 4.74 Å². The maximum absolute atomic E-state index is 13.9. The van der Waals surface area contributed by atoms with Crippen molar-refractivity contribution in [1.82, 2.24) is 9.97 Å². The first-order valence-electron chi connectivity index (χ1n) is 11.6. The summed E-state index contributed by atoms with van der Waals surface area (Å²) in [7, 11) is 0. The van der Waals surface area contributed by atoms with Crippen molar-refractivity contribution in [3.63, 3.8) is 0 Å². The topological polar surface area (TPSA) is 69.2 Å². The van der Waals surface area contributed by atoms with Crippen LogP contribution < -0.4 is 0 Å². The molecule has 0 aliphatic heterocycles. The van der Waals surface area contributed by atoms with E-state index < -0.39 is 40.8 Å². The van der Waals surface area contributed by atoms with Crippen molar-refractivity contribution in [2.75, 3.05) is 6.61 Å². The monoisotopic (exact) mass is 809 g/mol. The third-order valence-electron chi connectivity index (χ3n) is 4.83. The molecule has 3 radical (unpaired) electrons. The molecule has 15 heteroatoms. The summed E-state index contributed by atoms with van der Waals surface area (Å²) in [6.07, 6.45) is 2.38. The fourth-order valence-corrected chi connectivity index (χ4v) is 3.51. The van der Waals surface area contributed by atoms with Gasteiger partial charge in [0.1, 0.15) is 23.0 Å². The number of Topliss-reactive ketones (excluding diaryl/α,β-unsaturated/α-hetero) is 1. The molecule has 4 rings (SSSR count). The predicted molar refractivity (Wildman–Crippen MR) is 166 cm³/mol. The number of pyridine rings is 2. The number of ketones is 1. The van der Waals surface area contributed by atoms with Gasteiger partial charge in [-0.1, -0.05) is 23.4 Å². The first-order chi connectivity index (χ1) is 19.7. The van der Waals surface area contributed by atoms with Crippen LogP contribution in [0, 0.1) is 11.6 Å². The average Bonchev–Trinajstić information content (AvgIpc) is 2.96. The van der Waals surface area contributed by atoms with Gasteiger partial charge >= 0.3 is 17.8 Å². The van der Waals surface area contributed by atoms with E-state index in [2.05, 4.69) is 62.5 Å². The molecule has 0 N–H and O–H groups in total. The number of aromatic nitrogens is 2. The molecule has 0 unspecified atom stereocenters. The molecular formula is C29H23BBr3F6N2O3. The molecule has 2 heterocycles. The second kappa shape index (κ2) is 18.7. The van der Waals surface area contributed by atoms with Crippen molar-refractivity contribution >= 4 is 68.0 Å². The van der Waals surface area contributed by atoms with Crippen LogP contribution in [0.1, 0.15) is 36.1 Å². The predicted octanol–water partition coefficient (Wildman–Crippen LogP) is 9.30. The summed E-state index contributed by atoms with van der Waals surface area (Å²) >= 11 is 9.30. The Balaban J connectivity index is 0.000000662. The Labute approximate surface area is 277 Å². The van der Waals surface area contributed by atoms with E-state index in [1.54, 1.807) is 12.1 Å². The molecule has 0 aliphatic rings. The summed E-state index contributed by atoms with van der Waals surface area (Å²) in [6, 6.07) is 15.0. The van der Waals surface area contributed by atoms with Gasteiger partial charge in [-0.2, -0.15) is 17.6 Å². The van der Waals surface area contributed by atoms with E-state index in [0.29, 0.717) is 8.95 Å². The first-order valence-corrected chi connectivity index (χ1v) is 13.9. The van der Waals surface area contributed by atoms with E-state index in [9.17, 15) is 35.9 Å². The number of hydrogen-bond acceptors (Lipinski definition) is 5. The largest absolute Gasteiger partial charge is 0.461 e. The van der Waals surface area contributed by atoms with Crippen LogP contribution in [0.15, 0.2) is 98.6 Å². The van der Waals surface area contributed by atoms with Gasteiger partial charge in [0.2, 0.25) is 5.78 Å². The Morgan fingerprint density at radius 2 is 1.07 bits per heavy atom. The zero-order valence-electron chi connectivity index (χ0n) is 21.9. The van der Waals surface area contributed by atoms with Crippen LogP contribution in [0.4, 0.5) is 26.3 Å². The lowest BCUT2D eigenvalue weighted by molar-refractivity contribution is -0.173. The fourth-order valence-electron chi connectivity index (χ4n) is 2.78. The summed E-state index contributed by atoms with van der Waals surface area (Å²) in [5, 5.41) is 0. The van der Waals surface area contributed by atoms with E-state index in [-0.39, 0.29) is 33.8 Å². The number of esters is 1. The van der Waals surface area contributed by atoms with E-state index in [4.69, 9.17) is 0 Å². The summed E-state index contributed by atoms with van der Waals surface area (Å²) in [5.41, 5.74) is -1.54. The quantitative estimate of drug-likeness (QED) is 0.0841. The van der Waals surface area contributed by atoms with Crippen molar-refractivity contribution in [2.24, 2.45) is 0 Å². The van der Waals surface area contributed by atoms with Crippen LogP contribution >= 0.6 is 47.8 Å². The lowest BCUT2D eigenvalue weighted by Crippen LogP contribution is -2.29. The maximum Gasteiger partial charge on any atom is 0.384 e. The van der Waals surface area contributed by atoms with Crippen LogP contribution in [0.25, 0.3) is 0 Å². The van der Waals surface area contributed by atoms with E-state index in [1.165, 1.54) is 43.6 Å². The van der Waals surface area contributed by atoms with Crippen molar-refractivity contribution in [1.29, 1.82) is 0 Å². The van der Waals surface area contributed by atoms with E-state index in [1.807, 2.05) is 0 Å². The van der Waals surface area contributed by atoms with Crippen molar-refractivity contribution in [2.45, 2.75) is 26.2 Å². The molecule has 0 amide bonds. The zero-order valence-corrected chi connectivity index (χ0v) is 26.6. The van der Waals surface area contributed by atoms with Gasteiger partial charge in [0.25, 0.3) is 0 Å². The first kappa shape index (κ1) is 41.0. The van der Waals surface area contributed by atoms with E-state index in [0.717, 1.165) is 40.9 Å². The number of nitrogens with zero attached hydrogens (tertiary/aromatic N) is 2. The van der Waals surface area contributed by atoms with Crippen LogP contribution in [-0.4, -0.2) is 36.7 Å². The third-order valence-corrected chi connectivity index (χ3v) is 6.29. The smallest absolute Gasteiger partial charge is 0.384 e. The molecule has 0 aliphatic carbocycles. The van der Waals surface area contributed by atoms with Crippen LogP contribution in [0.5, 0.6) is 0 Å².